The number of azo groups is 1. The Balaban J connectivity index is 1.92. The summed E-state index contributed by atoms with van der Waals surface area (Å²) in [5.41, 5.74) is -0.452. The lowest BCUT2D eigenvalue weighted by molar-refractivity contribution is 0.0824. The fraction of sp³-hybridized carbons (Fsp3) is 0.278. The predicted molar refractivity (Wildman–Crippen MR) is 107 cm³/mol. The number of H-pyrrole nitrogens is 1. The summed E-state index contributed by atoms with van der Waals surface area (Å²) in [4.78, 5) is 32.0. The van der Waals surface area contributed by atoms with Gasteiger partial charge in [0.15, 0.2) is 22.7 Å². The summed E-state index contributed by atoms with van der Waals surface area (Å²) in [6.07, 6.45) is -1.19. The number of aliphatic hydroxyl groups excluding tert-OH is 2. The van der Waals surface area contributed by atoms with E-state index < -0.39 is 24.0 Å². The second-order valence-electron chi connectivity index (χ2n) is 6.80. The van der Waals surface area contributed by atoms with Gasteiger partial charge in [0.25, 0.3) is 11.5 Å². The van der Waals surface area contributed by atoms with Crippen LogP contribution in [-0.2, 0) is 20.6 Å². The highest BCUT2D eigenvalue weighted by Crippen LogP contribution is 2.35. The molecule has 0 radical (unpaired) electrons. The maximum absolute atomic E-state index is 12.7. The predicted octanol–water partition coefficient (Wildman–Crippen LogP) is 0.389. The first-order valence-electron chi connectivity index (χ1n) is 9.00. The first-order valence-corrected chi connectivity index (χ1v) is 9.00. The number of nitrogens with zero attached hydrogens (tertiary/aromatic N) is 6. The molecule has 1 aromatic carbocycles. The average Bonchev–Trinajstić information content (AvgIpc) is 3.27. The van der Waals surface area contributed by atoms with Crippen LogP contribution in [0.2, 0.25) is 0 Å². The van der Waals surface area contributed by atoms with E-state index in [1.54, 1.807) is 24.3 Å². The molecule has 1 unspecified atom stereocenters. The summed E-state index contributed by atoms with van der Waals surface area (Å²) in [5.74, 6) is -0.0936. The quantitative estimate of drug-likeness (QED) is 0.346. The highest BCUT2D eigenvalue weighted by molar-refractivity contribution is 5.90. The number of fused-ring (bicyclic) bond motifs is 2. The van der Waals surface area contributed by atoms with Crippen LogP contribution >= 0.6 is 0 Å². The summed E-state index contributed by atoms with van der Waals surface area (Å²) in [7, 11) is 2.78. The molecule has 3 aromatic heterocycles. The van der Waals surface area contributed by atoms with Gasteiger partial charge in [-0.15, -0.1) is 10.2 Å². The molecular weight excluding hydrogens is 394 g/mol. The standard InChI is InChI=1S/C18H19N7O5/c1-23-15-12(16(29)24(2)18(23)30)25(7-9(27)8-26)17(20-15)22-21-14-13(28)10-5-3-4-6-11(10)19-14/h3-6,9,19,26-28H,7-8H2,1-2H3/b22-21+. The largest absolute Gasteiger partial charge is 0.504 e. The van der Waals surface area contributed by atoms with Crippen molar-refractivity contribution in [3.63, 3.8) is 0 Å². The van der Waals surface area contributed by atoms with E-state index in [4.69, 9.17) is 0 Å². The normalized spacial score (nSPS) is 13.1. The van der Waals surface area contributed by atoms with Gasteiger partial charge in [0.2, 0.25) is 0 Å². The molecule has 156 valence electrons. The Hall–Kier alpha value is -3.77. The van der Waals surface area contributed by atoms with Crippen molar-refractivity contribution in [2.24, 2.45) is 24.3 Å². The molecule has 12 heteroatoms. The minimum atomic E-state index is -1.19. The van der Waals surface area contributed by atoms with Gasteiger partial charge in [-0.3, -0.25) is 18.5 Å². The van der Waals surface area contributed by atoms with E-state index in [-0.39, 0.29) is 35.2 Å². The van der Waals surface area contributed by atoms with Crippen LogP contribution in [0, 0.1) is 0 Å². The van der Waals surface area contributed by atoms with Crippen molar-refractivity contribution >= 4 is 33.8 Å². The number of hydrogen-bond donors (Lipinski definition) is 4. The summed E-state index contributed by atoms with van der Waals surface area (Å²) in [5, 5.41) is 38.1. The Labute approximate surface area is 168 Å². The number of imidazole rings is 1. The van der Waals surface area contributed by atoms with E-state index in [1.807, 2.05) is 0 Å². The zero-order chi connectivity index (χ0) is 21.6. The number of benzene rings is 1. The van der Waals surface area contributed by atoms with Gasteiger partial charge in [-0.05, 0) is 12.1 Å². The van der Waals surface area contributed by atoms with Gasteiger partial charge >= 0.3 is 5.69 Å². The van der Waals surface area contributed by atoms with Crippen LogP contribution in [0.4, 0.5) is 11.8 Å². The molecule has 4 N–H and O–H groups in total. The van der Waals surface area contributed by atoms with Crippen molar-refractivity contribution in [2.75, 3.05) is 6.61 Å². The molecule has 3 heterocycles. The van der Waals surface area contributed by atoms with Crippen LogP contribution in [0.1, 0.15) is 0 Å². The minimum absolute atomic E-state index is 0.0296. The molecule has 30 heavy (non-hydrogen) atoms. The van der Waals surface area contributed by atoms with Gasteiger partial charge in [-0.2, -0.15) is 4.98 Å². The molecule has 0 aliphatic carbocycles. The molecule has 0 aliphatic heterocycles. The zero-order valence-electron chi connectivity index (χ0n) is 16.1. The molecule has 0 aliphatic rings. The SMILES string of the molecule is Cn1c(=O)c2c(nc(/N=N/c3[nH]c4ccccc4c3O)n2CC(O)CO)n(C)c1=O. The van der Waals surface area contributed by atoms with Crippen molar-refractivity contribution in [1.82, 2.24) is 23.7 Å². The number of aliphatic hydroxyl groups is 2. The molecule has 4 aromatic rings. The molecule has 0 amide bonds. The van der Waals surface area contributed by atoms with E-state index >= 15 is 0 Å². The summed E-state index contributed by atoms with van der Waals surface area (Å²) < 4.78 is 3.37. The number of nitrogens with one attached hydrogen (secondary N) is 1. The van der Waals surface area contributed by atoms with Crippen molar-refractivity contribution < 1.29 is 15.3 Å². The van der Waals surface area contributed by atoms with Crippen LogP contribution in [0.15, 0.2) is 44.1 Å². The van der Waals surface area contributed by atoms with Gasteiger partial charge in [0, 0.05) is 19.5 Å². The Morgan fingerprint density at radius 1 is 1.17 bits per heavy atom. The first-order chi connectivity index (χ1) is 14.3. The Morgan fingerprint density at radius 3 is 2.60 bits per heavy atom. The second kappa shape index (κ2) is 7.24. The van der Waals surface area contributed by atoms with Crippen molar-refractivity contribution in [1.29, 1.82) is 0 Å². The lowest BCUT2D eigenvalue weighted by atomic mass is 10.2. The maximum atomic E-state index is 12.7. The zero-order valence-corrected chi connectivity index (χ0v) is 16.1. The molecule has 1 atom stereocenters. The van der Waals surface area contributed by atoms with E-state index in [9.17, 15) is 24.9 Å². The number of rotatable bonds is 5. The molecule has 4 rings (SSSR count). The van der Waals surface area contributed by atoms with E-state index in [0.717, 1.165) is 4.57 Å². The highest BCUT2D eigenvalue weighted by Gasteiger charge is 2.21. The van der Waals surface area contributed by atoms with Crippen molar-refractivity contribution in [3.8, 4) is 5.75 Å². The number of aromatic nitrogens is 5. The van der Waals surface area contributed by atoms with E-state index in [2.05, 4.69) is 20.2 Å². The molecule has 0 saturated heterocycles. The third kappa shape index (κ3) is 2.98. The van der Waals surface area contributed by atoms with Crippen molar-refractivity contribution in [3.05, 3.63) is 45.1 Å². The fourth-order valence-corrected chi connectivity index (χ4v) is 3.23. The highest BCUT2D eigenvalue weighted by atomic mass is 16.3. The molecular formula is C18H19N7O5. The molecule has 0 fully saturated rings. The second-order valence-corrected chi connectivity index (χ2v) is 6.80. The monoisotopic (exact) mass is 413 g/mol. The van der Waals surface area contributed by atoms with E-state index in [1.165, 1.54) is 23.2 Å². The fourth-order valence-electron chi connectivity index (χ4n) is 3.23. The number of aromatic hydroxyl groups is 1. The van der Waals surface area contributed by atoms with Gasteiger partial charge in [0.1, 0.15) is 0 Å². The number of hydrogen-bond acceptors (Lipinski definition) is 8. The Bertz CT molecular complexity index is 1410. The van der Waals surface area contributed by atoms with Crippen LogP contribution in [0.25, 0.3) is 22.1 Å². The molecule has 12 nitrogen and oxygen atoms in total. The Kier molecular flexibility index (Phi) is 4.72. The van der Waals surface area contributed by atoms with Crippen molar-refractivity contribution in [2.45, 2.75) is 12.6 Å². The summed E-state index contributed by atoms with van der Waals surface area (Å²) >= 11 is 0. The average molecular weight is 413 g/mol. The number of aryl methyl sites for hydroxylation is 1. The van der Waals surface area contributed by atoms with Crippen LogP contribution in [0.5, 0.6) is 5.75 Å². The van der Waals surface area contributed by atoms with Gasteiger partial charge in [-0.25, -0.2) is 4.79 Å². The third-order valence-electron chi connectivity index (χ3n) is 4.83. The molecule has 0 spiro atoms. The van der Waals surface area contributed by atoms with E-state index in [0.29, 0.717) is 10.9 Å². The summed E-state index contributed by atoms with van der Waals surface area (Å²) in [6.45, 7) is -0.751. The maximum Gasteiger partial charge on any atom is 0.332 e. The van der Waals surface area contributed by atoms with Gasteiger partial charge < -0.3 is 20.3 Å². The lowest BCUT2D eigenvalue weighted by Crippen LogP contribution is -2.38. The molecule has 0 saturated carbocycles. The third-order valence-corrected chi connectivity index (χ3v) is 4.83. The Morgan fingerprint density at radius 2 is 1.90 bits per heavy atom. The number of para-hydroxylation sites is 1. The summed E-state index contributed by atoms with van der Waals surface area (Å²) in [6, 6.07) is 7.04. The van der Waals surface area contributed by atoms with Gasteiger partial charge in [0.05, 0.1) is 24.8 Å². The van der Waals surface area contributed by atoms with Crippen LogP contribution in [-0.4, -0.2) is 51.7 Å². The van der Waals surface area contributed by atoms with Crippen LogP contribution < -0.4 is 11.2 Å². The molecule has 0 bridgehead atoms. The first kappa shape index (κ1) is 19.5. The topological polar surface area (TPSA) is 163 Å². The minimum Gasteiger partial charge on any atom is -0.504 e. The number of aromatic amines is 1. The lowest BCUT2D eigenvalue weighted by Gasteiger charge is -2.10. The smallest absolute Gasteiger partial charge is 0.332 e. The van der Waals surface area contributed by atoms with Gasteiger partial charge in [-0.1, -0.05) is 12.1 Å². The van der Waals surface area contributed by atoms with Crippen LogP contribution in [0.3, 0.4) is 0 Å².